The first-order chi connectivity index (χ1) is 16.8. The van der Waals surface area contributed by atoms with Gasteiger partial charge < -0.3 is 4.42 Å². The molecule has 1 heterocycles. The van der Waals surface area contributed by atoms with E-state index in [-0.39, 0.29) is 0 Å². The van der Waals surface area contributed by atoms with Crippen molar-refractivity contribution in [1.29, 1.82) is 0 Å². The van der Waals surface area contributed by atoms with E-state index in [0.29, 0.717) is 0 Å². The number of halogens is 1. The summed E-state index contributed by atoms with van der Waals surface area (Å²) < 4.78 is 7.10. The molecule has 0 bridgehead atoms. The molecular weight excluding hydrogens is 480 g/mol. The van der Waals surface area contributed by atoms with Gasteiger partial charge in [-0.25, -0.2) is 0 Å². The van der Waals surface area contributed by atoms with Crippen LogP contribution >= 0.6 is 15.9 Å². The first-order valence-electron chi connectivity index (χ1n) is 11.6. The molecule has 0 saturated heterocycles. The highest BCUT2D eigenvalue weighted by molar-refractivity contribution is 9.10. The molecule has 0 unspecified atom stereocenters. The fourth-order valence-electron chi connectivity index (χ4n) is 4.35. The Hall–Kier alpha value is -3.62. The highest BCUT2D eigenvalue weighted by Crippen LogP contribution is 2.37. The molecule has 166 valence electrons. The molecule has 1 aromatic heterocycles. The van der Waals surface area contributed by atoms with Crippen LogP contribution in [0.3, 0.4) is 0 Å². The van der Waals surface area contributed by atoms with Crippen LogP contribution in [-0.4, -0.2) is 0 Å². The largest absolute Gasteiger partial charge is 0.456 e. The summed E-state index contributed by atoms with van der Waals surface area (Å²) in [5, 5.41) is 2.25. The van der Waals surface area contributed by atoms with Crippen molar-refractivity contribution in [3.05, 3.63) is 120 Å². The summed E-state index contributed by atoms with van der Waals surface area (Å²) in [5.74, 6) is 0. The Morgan fingerprint density at radius 3 is 1.65 bits per heavy atom. The summed E-state index contributed by atoms with van der Waals surface area (Å²) in [6.07, 6.45) is 0. The maximum Gasteiger partial charge on any atom is 0.136 e. The van der Waals surface area contributed by atoms with Crippen molar-refractivity contribution in [1.82, 2.24) is 0 Å². The van der Waals surface area contributed by atoms with Gasteiger partial charge in [0.15, 0.2) is 0 Å². The van der Waals surface area contributed by atoms with Crippen molar-refractivity contribution in [2.75, 3.05) is 0 Å². The standard InChI is InChI=1S/C30H19BrO.C2H6/c31-27-13-6-14-29-30(27)26-19-25(15-16-28(26)32-29)24-12-5-11-23(18-24)22-10-4-9-21(17-22)20-7-2-1-3-8-20;1-2/h1-19H;1-2H3. The monoisotopic (exact) mass is 504 g/mol. The van der Waals surface area contributed by atoms with E-state index in [2.05, 4.69) is 119 Å². The van der Waals surface area contributed by atoms with Crippen molar-refractivity contribution in [2.45, 2.75) is 13.8 Å². The molecule has 5 aromatic carbocycles. The molecule has 6 aromatic rings. The fourth-order valence-corrected chi connectivity index (χ4v) is 4.91. The summed E-state index contributed by atoms with van der Waals surface area (Å²) >= 11 is 3.69. The number of fused-ring (bicyclic) bond motifs is 3. The van der Waals surface area contributed by atoms with Crippen molar-refractivity contribution in [3.8, 4) is 33.4 Å². The second kappa shape index (κ2) is 9.70. The van der Waals surface area contributed by atoms with Crippen LogP contribution < -0.4 is 0 Å². The van der Waals surface area contributed by atoms with Crippen LogP contribution in [0.2, 0.25) is 0 Å². The Bertz CT molecular complexity index is 1580. The second-order valence-electron chi connectivity index (χ2n) is 7.95. The van der Waals surface area contributed by atoms with E-state index < -0.39 is 0 Å². The van der Waals surface area contributed by atoms with Gasteiger partial charge in [-0.15, -0.1) is 0 Å². The lowest BCUT2D eigenvalue weighted by Gasteiger charge is -2.09. The van der Waals surface area contributed by atoms with Crippen molar-refractivity contribution in [2.24, 2.45) is 0 Å². The molecular formula is C32H25BrO. The zero-order valence-corrected chi connectivity index (χ0v) is 20.8. The smallest absolute Gasteiger partial charge is 0.136 e. The molecule has 0 saturated carbocycles. The highest BCUT2D eigenvalue weighted by Gasteiger charge is 2.11. The highest BCUT2D eigenvalue weighted by atomic mass is 79.9. The van der Waals surface area contributed by atoms with E-state index in [1.54, 1.807) is 0 Å². The molecule has 34 heavy (non-hydrogen) atoms. The van der Waals surface area contributed by atoms with Gasteiger partial charge in [0, 0.05) is 15.2 Å². The quantitative estimate of drug-likeness (QED) is 0.233. The molecule has 0 radical (unpaired) electrons. The van der Waals surface area contributed by atoms with Gasteiger partial charge >= 0.3 is 0 Å². The topological polar surface area (TPSA) is 13.1 Å². The Balaban J connectivity index is 0.00000117. The first-order valence-corrected chi connectivity index (χ1v) is 12.4. The summed E-state index contributed by atoms with van der Waals surface area (Å²) in [7, 11) is 0. The Morgan fingerprint density at radius 2 is 1.00 bits per heavy atom. The van der Waals surface area contributed by atoms with Crippen LogP contribution in [0.4, 0.5) is 0 Å². The molecule has 6 rings (SSSR count). The van der Waals surface area contributed by atoms with Gasteiger partial charge in [-0.05, 0) is 69.8 Å². The predicted molar refractivity (Wildman–Crippen MR) is 149 cm³/mol. The third-order valence-corrected chi connectivity index (χ3v) is 6.60. The molecule has 0 aliphatic heterocycles. The number of benzene rings is 5. The van der Waals surface area contributed by atoms with Crippen LogP contribution in [0.5, 0.6) is 0 Å². The molecule has 0 amide bonds. The van der Waals surface area contributed by atoms with Crippen LogP contribution in [0.15, 0.2) is 124 Å². The molecule has 2 heteroatoms. The minimum atomic E-state index is 0.901. The Morgan fingerprint density at radius 1 is 0.471 bits per heavy atom. The fraction of sp³-hybridized carbons (Fsp3) is 0.0625. The molecule has 0 N–H and O–H groups in total. The lowest BCUT2D eigenvalue weighted by molar-refractivity contribution is 0.669. The number of rotatable bonds is 3. The van der Waals surface area contributed by atoms with Gasteiger partial charge in [-0.1, -0.05) is 109 Å². The van der Waals surface area contributed by atoms with E-state index in [0.717, 1.165) is 26.4 Å². The minimum absolute atomic E-state index is 0.901. The third kappa shape index (κ3) is 4.18. The van der Waals surface area contributed by atoms with Gasteiger partial charge in [0.2, 0.25) is 0 Å². The maximum atomic E-state index is 6.04. The SMILES string of the molecule is Brc1cccc2oc3ccc(-c4cccc(-c5cccc(-c6ccccc6)c5)c4)cc3c12.CC. The van der Waals surface area contributed by atoms with Gasteiger partial charge in [-0.2, -0.15) is 0 Å². The second-order valence-corrected chi connectivity index (χ2v) is 8.81. The predicted octanol–water partition coefficient (Wildman–Crippen LogP) is 10.4. The van der Waals surface area contributed by atoms with Crippen molar-refractivity contribution < 1.29 is 4.42 Å². The van der Waals surface area contributed by atoms with Crippen LogP contribution in [0.25, 0.3) is 55.3 Å². The lowest BCUT2D eigenvalue weighted by Crippen LogP contribution is -1.83. The lowest BCUT2D eigenvalue weighted by atomic mass is 9.96. The average molecular weight is 505 g/mol. The zero-order chi connectivity index (χ0) is 23.5. The number of hydrogen-bond donors (Lipinski definition) is 0. The molecule has 0 spiro atoms. The number of hydrogen-bond acceptors (Lipinski definition) is 1. The van der Waals surface area contributed by atoms with E-state index >= 15 is 0 Å². The first kappa shape index (κ1) is 22.2. The zero-order valence-electron chi connectivity index (χ0n) is 19.3. The summed E-state index contributed by atoms with van der Waals surface area (Å²) in [4.78, 5) is 0. The van der Waals surface area contributed by atoms with Crippen LogP contribution in [-0.2, 0) is 0 Å². The average Bonchev–Trinajstić information content (AvgIpc) is 3.30. The van der Waals surface area contributed by atoms with Gasteiger partial charge in [-0.3, -0.25) is 0 Å². The van der Waals surface area contributed by atoms with Gasteiger partial charge in [0.1, 0.15) is 11.2 Å². The molecule has 0 aliphatic rings. The van der Waals surface area contributed by atoms with Crippen molar-refractivity contribution >= 4 is 37.9 Å². The molecule has 0 atom stereocenters. The van der Waals surface area contributed by atoms with E-state index in [1.165, 1.54) is 33.4 Å². The summed E-state index contributed by atoms with van der Waals surface area (Å²) in [5.41, 5.74) is 9.05. The third-order valence-electron chi connectivity index (χ3n) is 5.94. The van der Waals surface area contributed by atoms with E-state index in [1.807, 2.05) is 26.0 Å². The summed E-state index contributed by atoms with van der Waals surface area (Å²) in [6, 6.07) is 40.5. The normalized spacial score (nSPS) is 10.8. The minimum Gasteiger partial charge on any atom is -0.456 e. The molecule has 0 fully saturated rings. The number of furan rings is 1. The molecule has 0 aliphatic carbocycles. The van der Waals surface area contributed by atoms with Gasteiger partial charge in [0.05, 0.1) is 0 Å². The van der Waals surface area contributed by atoms with Gasteiger partial charge in [0.25, 0.3) is 0 Å². The van der Waals surface area contributed by atoms with Crippen molar-refractivity contribution in [3.63, 3.8) is 0 Å². The van der Waals surface area contributed by atoms with E-state index in [9.17, 15) is 0 Å². The Labute approximate surface area is 208 Å². The van der Waals surface area contributed by atoms with Crippen LogP contribution in [0.1, 0.15) is 13.8 Å². The van der Waals surface area contributed by atoms with E-state index in [4.69, 9.17) is 4.42 Å². The maximum absolute atomic E-state index is 6.04. The molecule has 1 nitrogen and oxygen atoms in total. The Kier molecular flexibility index (Phi) is 6.33. The van der Waals surface area contributed by atoms with Crippen LogP contribution in [0, 0.1) is 0 Å². The summed E-state index contributed by atoms with van der Waals surface area (Å²) in [6.45, 7) is 4.00.